The molecule has 0 radical (unpaired) electrons. The molecule has 1 aromatic carbocycles. The van der Waals surface area contributed by atoms with E-state index in [4.69, 9.17) is 4.74 Å². The van der Waals surface area contributed by atoms with E-state index in [1.165, 1.54) is 0 Å². The molecule has 23 heavy (non-hydrogen) atoms. The van der Waals surface area contributed by atoms with E-state index in [2.05, 4.69) is 15.6 Å². The van der Waals surface area contributed by atoms with Crippen molar-refractivity contribution in [2.75, 3.05) is 17.7 Å². The van der Waals surface area contributed by atoms with E-state index in [1.807, 2.05) is 50.2 Å². The second-order valence-electron chi connectivity index (χ2n) is 5.74. The van der Waals surface area contributed by atoms with Gasteiger partial charge in [0.25, 0.3) is 0 Å². The standard InChI is InChI=1S/C18H23N3O2/c1-13(2)10-18(22)21-15-8-9-17(20-12-15)19-11-14-6-4-5-7-16(14)23-3/h4-9,12-13H,10-11H2,1-3H3,(H,19,20)(H,21,22). The fraction of sp³-hybridized carbons (Fsp3) is 0.333. The number of amides is 1. The fourth-order valence-electron chi connectivity index (χ4n) is 2.19. The predicted octanol–water partition coefficient (Wildman–Crippen LogP) is 3.69. The van der Waals surface area contributed by atoms with Gasteiger partial charge in [-0.3, -0.25) is 4.79 Å². The predicted molar refractivity (Wildman–Crippen MR) is 92.6 cm³/mol. The summed E-state index contributed by atoms with van der Waals surface area (Å²) in [5, 5.41) is 6.09. The van der Waals surface area contributed by atoms with Crippen LogP contribution in [0.3, 0.4) is 0 Å². The number of carbonyl (C=O) groups excluding carboxylic acids is 1. The number of hydrogen-bond acceptors (Lipinski definition) is 4. The highest BCUT2D eigenvalue weighted by Crippen LogP contribution is 2.19. The number of pyridine rings is 1. The van der Waals surface area contributed by atoms with Crippen molar-refractivity contribution in [3.63, 3.8) is 0 Å². The fourth-order valence-corrected chi connectivity index (χ4v) is 2.19. The maximum absolute atomic E-state index is 11.7. The van der Waals surface area contributed by atoms with Gasteiger partial charge >= 0.3 is 0 Å². The van der Waals surface area contributed by atoms with Crippen molar-refractivity contribution >= 4 is 17.4 Å². The lowest BCUT2D eigenvalue weighted by atomic mass is 10.1. The van der Waals surface area contributed by atoms with E-state index in [9.17, 15) is 4.79 Å². The highest BCUT2D eigenvalue weighted by molar-refractivity contribution is 5.90. The number of benzene rings is 1. The molecule has 0 aliphatic carbocycles. The summed E-state index contributed by atoms with van der Waals surface area (Å²) >= 11 is 0. The van der Waals surface area contributed by atoms with Gasteiger partial charge in [0.15, 0.2) is 0 Å². The van der Waals surface area contributed by atoms with Gasteiger partial charge in [-0.05, 0) is 24.1 Å². The Morgan fingerprint density at radius 1 is 1.22 bits per heavy atom. The third-order valence-electron chi connectivity index (χ3n) is 3.29. The maximum Gasteiger partial charge on any atom is 0.224 e. The monoisotopic (exact) mass is 313 g/mol. The van der Waals surface area contributed by atoms with Crippen molar-refractivity contribution in [2.45, 2.75) is 26.8 Å². The van der Waals surface area contributed by atoms with Crippen LogP contribution in [0.2, 0.25) is 0 Å². The van der Waals surface area contributed by atoms with Gasteiger partial charge in [0.1, 0.15) is 11.6 Å². The summed E-state index contributed by atoms with van der Waals surface area (Å²) in [7, 11) is 1.66. The number of para-hydroxylation sites is 1. The highest BCUT2D eigenvalue weighted by atomic mass is 16.5. The number of hydrogen-bond donors (Lipinski definition) is 2. The first-order valence-electron chi connectivity index (χ1n) is 7.70. The number of carbonyl (C=O) groups is 1. The molecule has 2 rings (SSSR count). The van der Waals surface area contributed by atoms with E-state index >= 15 is 0 Å². The summed E-state index contributed by atoms with van der Waals surface area (Å²) in [5.74, 6) is 1.94. The molecule has 2 aromatic rings. The van der Waals surface area contributed by atoms with Gasteiger partial charge in [-0.2, -0.15) is 0 Å². The lowest BCUT2D eigenvalue weighted by Crippen LogP contribution is -2.14. The van der Waals surface area contributed by atoms with Gasteiger partial charge in [0.05, 0.1) is 19.0 Å². The van der Waals surface area contributed by atoms with Crippen LogP contribution in [0.25, 0.3) is 0 Å². The highest BCUT2D eigenvalue weighted by Gasteiger charge is 2.06. The molecule has 0 unspecified atom stereocenters. The lowest BCUT2D eigenvalue weighted by molar-refractivity contribution is -0.116. The minimum Gasteiger partial charge on any atom is -0.496 e. The van der Waals surface area contributed by atoms with Gasteiger partial charge < -0.3 is 15.4 Å². The van der Waals surface area contributed by atoms with Crippen LogP contribution in [0.5, 0.6) is 5.75 Å². The Morgan fingerprint density at radius 2 is 2.00 bits per heavy atom. The number of nitrogens with zero attached hydrogens (tertiary/aromatic N) is 1. The number of anilines is 2. The van der Waals surface area contributed by atoms with Gasteiger partial charge in [0, 0.05) is 18.5 Å². The van der Waals surface area contributed by atoms with Crippen LogP contribution in [0, 0.1) is 5.92 Å². The van der Waals surface area contributed by atoms with Crippen LogP contribution in [-0.2, 0) is 11.3 Å². The Morgan fingerprint density at radius 3 is 2.65 bits per heavy atom. The zero-order chi connectivity index (χ0) is 16.7. The molecule has 5 heteroatoms. The third-order valence-corrected chi connectivity index (χ3v) is 3.29. The number of nitrogens with one attached hydrogen (secondary N) is 2. The topological polar surface area (TPSA) is 63.2 Å². The van der Waals surface area contributed by atoms with E-state index < -0.39 is 0 Å². The molecular weight excluding hydrogens is 290 g/mol. The number of aromatic nitrogens is 1. The Bertz CT molecular complexity index is 639. The summed E-state index contributed by atoms with van der Waals surface area (Å²) < 4.78 is 5.32. The number of methoxy groups -OCH3 is 1. The molecule has 0 spiro atoms. The summed E-state index contributed by atoms with van der Waals surface area (Å²) in [5.41, 5.74) is 1.77. The molecule has 1 aromatic heterocycles. The summed E-state index contributed by atoms with van der Waals surface area (Å²) in [4.78, 5) is 16.0. The quantitative estimate of drug-likeness (QED) is 0.818. The first kappa shape index (κ1) is 16.8. The van der Waals surface area contributed by atoms with Crippen LogP contribution >= 0.6 is 0 Å². The molecule has 1 heterocycles. The first-order valence-corrected chi connectivity index (χ1v) is 7.70. The molecule has 122 valence electrons. The zero-order valence-corrected chi connectivity index (χ0v) is 13.8. The smallest absolute Gasteiger partial charge is 0.224 e. The number of rotatable bonds is 7. The Balaban J connectivity index is 1.91. The van der Waals surface area contributed by atoms with Crippen LogP contribution < -0.4 is 15.4 Å². The van der Waals surface area contributed by atoms with Crippen LogP contribution in [0.15, 0.2) is 42.6 Å². The second kappa shape index (κ2) is 8.17. The van der Waals surface area contributed by atoms with Crippen LogP contribution in [0.1, 0.15) is 25.8 Å². The molecule has 0 fully saturated rings. The molecule has 0 saturated heterocycles. The van der Waals surface area contributed by atoms with E-state index in [1.54, 1.807) is 13.3 Å². The maximum atomic E-state index is 11.7. The number of ether oxygens (including phenoxy) is 1. The second-order valence-corrected chi connectivity index (χ2v) is 5.74. The Labute approximate surface area is 137 Å². The largest absolute Gasteiger partial charge is 0.496 e. The molecule has 0 atom stereocenters. The van der Waals surface area contributed by atoms with Crippen molar-refractivity contribution in [1.29, 1.82) is 0 Å². The van der Waals surface area contributed by atoms with Gasteiger partial charge in [0.2, 0.25) is 5.91 Å². The summed E-state index contributed by atoms with van der Waals surface area (Å²) in [6, 6.07) is 11.5. The average Bonchev–Trinajstić information content (AvgIpc) is 2.53. The van der Waals surface area contributed by atoms with E-state index in [0.717, 1.165) is 17.1 Å². The van der Waals surface area contributed by atoms with Crippen molar-refractivity contribution in [3.05, 3.63) is 48.2 Å². The molecule has 2 N–H and O–H groups in total. The van der Waals surface area contributed by atoms with Crippen molar-refractivity contribution in [1.82, 2.24) is 4.98 Å². The average molecular weight is 313 g/mol. The Hall–Kier alpha value is -2.56. The lowest BCUT2D eigenvalue weighted by Gasteiger charge is -2.11. The Kier molecular flexibility index (Phi) is 5.97. The molecular formula is C18H23N3O2. The third kappa shape index (κ3) is 5.29. The zero-order valence-electron chi connectivity index (χ0n) is 13.8. The molecule has 0 bridgehead atoms. The molecule has 1 amide bonds. The molecule has 0 saturated carbocycles. The summed E-state index contributed by atoms with van der Waals surface area (Å²) in [6.07, 6.45) is 2.16. The normalized spacial score (nSPS) is 10.4. The van der Waals surface area contributed by atoms with Gasteiger partial charge in [-0.1, -0.05) is 32.0 Å². The minimum atomic E-state index is 0.0107. The van der Waals surface area contributed by atoms with Crippen molar-refractivity contribution in [3.8, 4) is 5.75 Å². The first-order chi connectivity index (χ1) is 11.1. The van der Waals surface area contributed by atoms with E-state index in [-0.39, 0.29) is 5.91 Å². The summed E-state index contributed by atoms with van der Waals surface area (Å²) in [6.45, 7) is 4.65. The molecule has 5 nitrogen and oxygen atoms in total. The van der Waals surface area contributed by atoms with Gasteiger partial charge in [-0.15, -0.1) is 0 Å². The minimum absolute atomic E-state index is 0.0107. The SMILES string of the molecule is COc1ccccc1CNc1ccc(NC(=O)CC(C)C)cn1. The van der Waals surface area contributed by atoms with Crippen LogP contribution in [0.4, 0.5) is 11.5 Å². The van der Waals surface area contributed by atoms with E-state index in [0.29, 0.717) is 24.6 Å². The molecule has 0 aliphatic rings. The van der Waals surface area contributed by atoms with Gasteiger partial charge in [-0.25, -0.2) is 4.98 Å². The van der Waals surface area contributed by atoms with Crippen molar-refractivity contribution in [2.24, 2.45) is 5.92 Å². The molecule has 0 aliphatic heterocycles. The van der Waals surface area contributed by atoms with Crippen molar-refractivity contribution < 1.29 is 9.53 Å². The van der Waals surface area contributed by atoms with Crippen LogP contribution in [-0.4, -0.2) is 18.0 Å².